The van der Waals surface area contributed by atoms with Crippen LogP contribution in [-0.4, -0.2) is 72.7 Å². The molecule has 1 spiro atoms. The van der Waals surface area contributed by atoms with Crippen LogP contribution in [0.15, 0.2) is 0 Å². The molecule has 8 unspecified atom stereocenters. The van der Waals surface area contributed by atoms with Crippen LogP contribution in [0.1, 0.15) is 103 Å². The predicted octanol–water partition coefficient (Wildman–Crippen LogP) is 5.37. The summed E-state index contributed by atoms with van der Waals surface area (Å²) < 4.78 is 59.5. The molecule has 0 radical (unpaired) electrons. The minimum absolute atomic E-state index is 0.0176. The second kappa shape index (κ2) is 11.3. The van der Waals surface area contributed by atoms with E-state index in [9.17, 15) is 32.8 Å². The van der Waals surface area contributed by atoms with Crippen molar-refractivity contribution >= 4 is 29.5 Å². The van der Waals surface area contributed by atoms with Gasteiger partial charge in [-0.15, -0.1) is 0 Å². The zero-order valence-corrected chi connectivity index (χ0v) is 29.9. The van der Waals surface area contributed by atoms with E-state index >= 15 is 0 Å². The summed E-state index contributed by atoms with van der Waals surface area (Å²) in [7, 11) is 0. The van der Waals surface area contributed by atoms with Crippen LogP contribution < -0.4 is 0 Å². The fourth-order valence-corrected chi connectivity index (χ4v) is 14.4. The van der Waals surface area contributed by atoms with Gasteiger partial charge in [0.05, 0.1) is 24.0 Å². The zero-order chi connectivity index (χ0) is 36.0. The van der Waals surface area contributed by atoms with Gasteiger partial charge < -0.3 is 23.7 Å². The third-order valence-electron chi connectivity index (χ3n) is 16.0. The van der Waals surface area contributed by atoms with Gasteiger partial charge in [-0.2, -0.15) is 8.78 Å². The lowest BCUT2D eigenvalue weighted by atomic mass is 9.49. The first-order valence-corrected chi connectivity index (χ1v) is 20.0. The van der Waals surface area contributed by atoms with Crippen LogP contribution in [0, 0.1) is 70.0 Å². The molecule has 0 aromatic heterocycles. The van der Waals surface area contributed by atoms with E-state index in [0.29, 0.717) is 75.3 Å². The van der Waals surface area contributed by atoms with E-state index < -0.39 is 46.1 Å². The summed E-state index contributed by atoms with van der Waals surface area (Å²) in [6.07, 6.45) is 9.19. The van der Waals surface area contributed by atoms with Gasteiger partial charge in [0.25, 0.3) is 0 Å². The highest BCUT2D eigenvalue weighted by Crippen LogP contribution is 2.65. The van der Waals surface area contributed by atoms with Crippen molar-refractivity contribution in [2.75, 3.05) is 19.8 Å². The van der Waals surface area contributed by atoms with Crippen molar-refractivity contribution in [3.63, 3.8) is 0 Å². The molecule has 0 aromatic rings. The van der Waals surface area contributed by atoms with Crippen molar-refractivity contribution < 1.29 is 56.4 Å². The first kappa shape index (κ1) is 34.1. The standard InChI is InChI=1S/C40H50F2O10/c1-36(41,42)33(45)52-39-10-22-6-28(15-39)40(29(7-22)16-39)50-18-27(17-48-34(46)37-8-20-2-23(11-37)31(43)24(3-20)12-37)30(51-40)19-49-35(47)38-9-21-4-25(13-38)32(44)26(5-21)14-38/h20-30H,2-19H2,1H3. The lowest BCUT2D eigenvalue weighted by Gasteiger charge is -2.65. The molecule has 1 heterocycles. The van der Waals surface area contributed by atoms with Gasteiger partial charge in [-0.25, -0.2) is 4.79 Å². The number of carbonyl (C=O) groups excluding carboxylic acids is 5. The Morgan fingerprint density at radius 2 is 1.17 bits per heavy atom. The molecule has 12 aliphatic carbocycles. The largest absolute Gasteiger partial charge is 0.465 e. The fourth-order valence-electron chi connectivity index (χ4n) is 14.4. The van der Waals surface area contributed by atoms with E-state index in [1.165, 1.54) is 0 Å². The molecule has 13 fully saturated rings. The number of rotatable bonds is 8. The Hall–Kier alpha value is -2.47. The molecule has 13 aliphatic rings. The van der Waals surface area contributed by atoms with Crippen LogP contribution in [0.5, 0.6) is 0 Å². The van der Waals surface area contributed by atoms with E-state index in [1.54, 1.807) is 0 Å². The minimum Gasteiger partial charge on any atom is -0.465 e. The van der Waals surface area contributed by atoms with Gasteiger partial charge in [0.2, 0.25) is 0 Å². The number of esters is 3. The summed E-state index contributed by atoms with van der Waals surface area (Å²) in [6.45, 7) is 0.717. The van der Waals surface area contributed by atoms with Crippen LogP contribution in [0.4, 0.5) is 8.78 Å². The van der Waals surface area contributed by atoms with Gasteiger partial charge in [-0.1, -0.05) is 0 Å². The molecule has 1 saturated heterocycles. The molecular weight excluding hydrogens is 678 g/mol. The Balaban J connectivity index is 0.875. The number of hydrogen-bond acceptors (Lipinski definition) is 10. The number of hydrogen-bond donors (Lipinski definition) is 0. The summed E-state index contributed by atoms with van der Waals surface area (Å²) >= 11 is 0. The van der Waals surface area contributed by atoms with E-state index in [4.69, 9.17) is 23.7 Å². The Morgan fingerprint density at radius 1 is 0.692 bits per heavy atom. The van der Waals surface area contributed by atoms with Crippen LogP contribution in [0.2, 0.25) is 0 Å². The smallest absolute Gasteiger partial charge is 0.377 e. The lowest BCUT2D eigenvalue weighted by Crippen LogP contribution is -2.70. The third-order valence-corrected chi connectivity index (χ3v) is 16.0. The van der Waals surface area contributed by atoms with Crippen molar-refractivity contribution in [3.05, 3.63) is 0 Å². The van der Waals surface area contributed by atoms with E-state index in [0.717, 1.165) is 51.4 Å². The first-order valence-electron chi connectivity index (χ1n) is 20.0. The van der Waals surface area contributed by atoms with Crippen molar-refractivity contribution in [2.45, 2.75) is 127 Å². The van der Waals surface area contributed by atoms with Crippen molar-refractivity contribution in [2.24, 2.45) is 70.0 Å². The number of halogens is 2. The first-order chi connectivity index (χ1) is 24.7. The molecule has 52 heavy (non-hydrogen) atoms. The maximum Gasteiger partial charge on any atom is 0.377 e. The summed E-state index contributed by atoms with van der Waals surface area (Å²) in [6, 6.07) is 0. The molecule has 12 bridgehead atoms. The maximum absolute atomic E-state index is 14.0. The summed E-state index contributed by atoms with van der Waals surface area (Å²) in [5.74, 6) is -6.30. The average molecular weight is 729 g/mol. The Kier molecular flexibility index (Phi) is 7.39. The number of ether oxygens (including phenoxy) is 5. The topological polar surface area (TPSA) is 132 Å². The second-order valence-electron chi connectivity index (χ2n) is 19.5. The van der Waals surface area contributed by atoms with E-state index in [-0.39, 0.29) is 73.2 Å². The SMILES string of the molecule is CC(F)(F)C(=O)OC12CC3CC(C1)C1(OCC(COC(=O)C45CC6CC(C4)C(=O)C(C6)C5)C(COC(=O)C45CC6CC(C4)C(=O)C(C6)C5)O1)C(C3)C2. The van der Waals surface area contributed by atoms with Gasteiger partial charge in [-0.05, 0) is 114 Å². The monoisotopic (exact) mass is 728 g/mol. The fraction of sp³-hybridized carbons (Fsp3) is 0.875. The minimum atomic E-state index is -3.59. The van der Waals surface area contributed by atoms with Crippen LogP contribution in [-0.2, 0) is 47.7 Å². The summed E-state index contributed by atoms with van der Waals surface area (Å²) in [5.41, 5.74) is -2.29. The molecule has 10 nitrogen and oxygen atoms in total. The van der Waals surface area contributed by atoms with Gasteiger partial charge in [0.1, 0.15) is 29.9 Å². The van der Waals surface area contributed by atoms with Crippen LogP contribution >= 0.6 is 0 Å². The van der Waals surface area contributed by atoms with Gasteiger partial charge in [0, 0.05) is 48.3 Å². The molecule has 8 atom stereocenters. The molecule has 0 amide bonds. The van der Waals surface area contributed by atoms with Crippen LogP contribution in [0.25, 0.3) is 0 Å². The van der Waals surface area contributed by atoms with E-state index in [1.807, 2.05) is 0 Å². The zero-order valence-electron chi connectivity index (χ0n) is 29.9. The molecule has 13 rings (SSSR count). The molecule has 12 saturated carbocycles. The summed E-state index contributed by atoms with van der Waals surface area (Å²) in [5, 5.41) is 0. The Morgan fingerprint density at radius 3 is 1.67 bits per heavy atom. The molecule has 284 valence electrons. The summed E-state index contributed by atoms with van der Waals surface area (Å²) in [4.78, 5) is 65.9. The highest BCUT2D eigenvalue weighted by molar-refractivity contribution is 5.90. The third kappa shape index (κ3) is 5.07. The number of Topliss-reactive ketones (excluding diaryl/α,β-unsaturated/α-hetero) is 2. The van der Waals surface area contributed by atoms with Crippen molar-refractivity contribution in [3.8, 4) is 0 Å². The molecular formula is C40H50F2O10. The van der Waals surface area contributed by atoms with E-state index in [2.05, 4.69) is 0 Å². The highest BCUT2D eigenvalue weighted by Gasteiger charge is 2.68. The van der Waals surface area contributed by atoms with Gasteiger partial charge in [0.15, 0.2) is 5.79 Å². The second-order valence-corrected chi connectivity index (χ2v) is 19.5. The molecule has 12 heteroatoms. The maximum atomic E-state index is 14.0. The molecule has 0 N–H and O–H groups in total. The van der Waals surface area contributed by atoms with Crippen molar-refractivity contribution in [1.29, 1.82) is 0 Å². The number of alkyl halides is 2. The predicted molar refractivity (Wildman–Crippen MR) is 174 cm³/mol. The molecule has 0 aromatic carbocycles. The van der Waals surface area contributed by atoms with Crippen molar-refractivity contribution in [1.82, 2.24) is 0 Å². The van der Waals surface area contributed by atoms with Crippen LogP contribution in [0.3, 0.4) is 0 Å². The Labute approximate surface area is 302 Å². The lowest BCUT2D eigenvalue weighted by molar-refractivity contribution is -0.402. The molecule has 1 aliphatic heterocycles. The normalized spacial score (nSPS) is 50.6. The quantitative estimate of drug-likeness (QED) is 0.238. The number of ketones is 2. The number of carbonyl (C=O) groups is 5. The van der Waals surface area contributed by atoms with Gasteiger partial charge >= 0.3 is 23.8 Å². The highest BCUT2D eigenvalue weighted by atomic mass is 19.3. The average Bonchev–Trinajstić information content (AvgIpc) is 3.08. The van der Waals surface area contributed by atoms with Gasteiger partial charge in [-0.3, -0.25) is 19.2 Å². The Bertz CT molecular complexity index is 1550.